The lowest BCUT2D eigenvalue weighted by Gasteiger charge is -2.26. The number of amides is 1. The van der Waals surface area contributed by atoms with Crippen molar-refractivity contribution in [2.45, 2.75) is 11.4 Å². The lowest BCUT2D eigenvalue weighted by atomic mass is 10.2. The predicted octanol–water partition coefficient (Wildman–Crippen LogP) is 2.27. The van der Waals surface area contributed by atoms with Crippen molar-refractivity contribution in [2.75, 3.05) is 31.6 Å². The Morgan fingerprint density at radius 1 is 1.17 bits per heavy atom. The van der Waals surface area contributed by atoms with Crippen LogP contribution in [0.4, 0.5) is 5.82 Å². The molecule has 1 aliphatic heterocycles. The molecule has 4 rings (SSSR count). The molecule has 10 heteroatoms. The molecule has 3 aromatic rings. The number of anilines is 1. The van der Waals surface area contributed by atoms with Gasteiger partial charge in [0, 0.05) is 29.6 Å². The zero-order valence-electron chi connectivity index (χ0n) is 15.5. The number of sulfonamides is 1. The van der Waals surface area contributed by atoms with Crippen molar-refractivity contribution < 1.29 is 17.9 Å². The lowest BCUT2D eigenvalue weighted by Crippen LogP contribution is -2.40. The maximum atomic E-state index is 12.8. The lowest BCUT2D eigenvalue weighted by molar-refractivity contribution is 0.0730. The zero-order valence-corrected chi connectivity index (χ0v) is 17.2. The van der Waals surface area contributed by atoms with E-state index in [2.05, 4.69) is 10.4 Å². The van der Waals surface area contributed by atoms with Gasteiger partial charge in [-0.1, -0.05) is 12.1 Å². The van der Waals surface area contributed by atoms with Gasteiger partial charge in [0.1, 0.15) is 5.82 Å². The number of aromatic nitrogens is 2. The van der Waals surface area contributed by atoms with Crippen LogP contribution >= 0.6 is 11.3 Å². The Balaban J connectivity index is 1.52. The van der Waals surface area contributed by atoms with Crippen LogP contribution in [0.5, 0.6) is 0 Å². The average molecular weight is 433 g/mol. The van der Waals surface area contributed by atoms with E-state index in [0.717, 1.165) is 4.88 Å². The van der Waals surface area contributed by atoms with Crippen molar-refractivity contribution in [2.24, 2.45) is 0 Å². The molecule has 0 atom stereocenters. The van der Waals surface area contributed by atoms with Crippen LogP contribution < -0.4 is 5.32 Å². The molecular formula is C19H20N4O4S2. The van der Waals surface area contributed by atoms with Gasteiger partial charge in [0.15, 0.2) is 0 Å². The van der Waals surface area contributed by atoms with Crippen molar-refractivity contribution in [3.63, 3.8) is 0 Å². The third kappa shape index (κ3) is 4.40. The molecular weight excluding hydrogens is 412 g/mol. The molecule has 1 aliphatic rings. The fraction of sp³-hybridized carbons (Fsp3) is 0.263. The minimum Gasteiger partial charge on any atom is -0.379 e. The molecule has 152 valence electrons. The van der Waals surface area contributed by atoms with E-state index in [4.69, 9.17) is 4.74 Å². The van der Waals surface area contributed by atoms with E-state index >= 15 is 0 Å². The van der Waals surface area contributed by atoms with Crippen LogP contribution in [-0.2, 0) is 21.3 Å². The summed E-state index contributed by atoms with van der Waals surface area (Å²) in [5.41, 5.74) is 0.267. The molecule has 0 bridgehead atoms. The molecule has 2 aromatic heterocycles. The molecule has 1 N–H and O–H groups in total. The maximum Gasteiger partial charge on any atom is 0.256 e. The van der Waals surface area contributed by atoms with E-state index in [-0.39, 0.29) is 10.5 Å². The summed E-state index contributed by atoms with van der Waals surface area (Å²) in [6, 6.07) is 11.7. The van der Waals surface area contributed by atoms with Gasteiger partial charge in [-0.05, 0) is 29.6 Å². The first kappa shape index (κ1) is 19.8. The number of carbonyl (C=O) groups is 1. The Morgan fingerprint density at radius 2 is 2.00 bits per heavy atom. The highest BCUT2D eigenvalue weighted by Gasteiger charge is 2.27. The second-order valence-electron chi connectivity index (χ2n) is 6.45. The van der Waals surface area contributed by atoms with Crippen LogP contribution in [0.3, 0.4) is 0 Å². The number of thiophene rings is 1. The van der Waals surface area contributed by atoms with E-state index in [1.807, 2.05) is 17.5 Å². The van der Waals surface area contributed by atoms with Crippen LogP contribution in [0.25, 0.3) is 0 Å². The smallest absolute Gasteiger partial charge is 0.256 e. The first-order chi connectivity index (χ1) is 14.0. The number of morpholine rings is 1. The Kier molecular flexibility index (Phi) is 5.76. The van der Waals surface area contributed by atoms with Crippen LogP contribution in [0, 0.1) is 0 Å². The standard InChI is InChI=1S/C19H20N4O4S2/c24-19(21-18-6-7-20-23(18)14-16-4-2-12-28-16)15-3-1-5-17(13-15)29(25,26)22-8-10-27-11-9-22/h1-7,12-13H,8-11,14H2,(H,21,24). The summed E-state index contributed by atoms with van der Waals surface area (Å²) < 4.78 is 34.0. The number of benzene rings is 1. The SMILES string of the molecule is O=C(Nc1ccnn1Cc1cccs1)c1cccc(S(=O)(=O)N2CCOCC2)c1. The second-order valence-corrected chi connectivity index (χ2v) is 9.42. The quantitative estimate of drug-likeness (QED) is 0.645. The third-order valence-corrected chi connectivity index (χ3v) is 7.30. The molecule has 0 spiro atoms. The molecule has 1 saturated heterocycles. The van der Waals surface area contributed by atoms with Gasteiger partial charge in [-0.3, -0.25) is 4.79 Å². The van der Waals surface area contributed by atoms with Crippen molar-refractivity contribution in [1.82, 2.24) is 14.1 Å². The summed E-state index contributed by atoms with van der Waals surface area (Å²) in [4.78, 5) is 14.0. The molecule has 3 heterocycles. The molecule has 29 heavy (non-hydrogen) atoms. The third-order valence-electron chi connectivity index (χ3n) is 4.55. The average Bonchev–Trinajstić information content (AvgIpc) is 3.41. The van der Waals surface area contributed by atoms with Gasteiger partial charge in [-0.2, -0.15) is 9.40 Å². The number of nitrogens with one attached hydrogen (secondary N) is 1. The summed E-state index contributed by atoms with van der Waals surface area (Å²) in [7, 11) is -3.67. The van der Waals surface area contributed by atoms with Crippen LogP contribution in [0.15, 0.2) is 58.9 Å². The molecule has 1 fully saturated rings. The minimum atomic E-state index is -3.67. The van der Waals surface area contributed by atoms with Gasteiger partial charge in [-0.25, -0.2) is 13.1 Å². The van der Waals surface area contributed by atoms with Gasteiger partial charge >= 0.3 is 0 Å². The first-order valence-corrected chi connectivity index (χ1v) is 11.4. The highest BCUT2D eigenvalue weighted by molar-refractivity contribution is 7.89. The van der Waals surface area contributed by atoms with E-state index in [9.17, 15) is 13.2 Å². The van der Waals surface area contributed by atoms with E-state index < -0.39 is 15.9 Å². The van der Waals surface area contributed by atoms with E-state index in [1.54, 1.807) is 40.4 Å². The Hall–Kier alpha value is -2.53. The zero-order chi connectivity index (χ0) is 20.3. The van der Waals surface area contributed by atoms with Gasteiger partial charge in [-0.15, -0.1) is 11.3 Å². The number of hydrogen-bond acceptors (Lipinski definition) is 6. The number of carbonyl (C=O) groups excluding carboxylic acids is 1. The summed E-state index contributed by atoms with van der Waals surface area (Å²) in [6.45, 7) is 1.90. The van der Waals surface area contributed by atoms with Gasteiger partial charge < -0.3 is 10.1 Å². The van der Waals surface area contributed by atoms with Crippen molar-refractivity contribution in [1.29, 1.82) is 0 Å². The Morgan fingerprint density at radius 3 is 2.76 bits per heavy atom. The first-order valence-electron chi connectivity index (χ1n) is 9.07. The summed E-state index contributed by atoms with van der Waals surface area (Å²) in [6.07, 6.45) is 1.61. The molecule has 1 aromatic carbocycles. The molecule has 0 unspecified atom stereocenters. The minimum absolute atomic E-state index is 0.0964. The van der Waals surface area contributed by atoms with Gasteiger partial charge in [0.25, 0.3) is 5.91 Å². The predicted molar refractivity (Wildman–Crippen MR) is 110 cm³/mol. The van der Waals surface area contributed by atoms with E-state index in [1.165, 1.54) is 16.4 Å². The summed E-state index contributed by atoms with van der Waals surface area (Å²) in [5.74, 6) is 0.154. The van der Waals surface area contributed by atoms with Crippen LogP contribution in [-0.4, -0.2) is 54.7 Å². The maximum absolute atomic E-state index is 12.8. The van der Waals surface area contributed by atoms with Crippen molar-refractivity contribution >= 4 is 33.1 Å². The molecule has 0 radical (unpaired) electrons. The highest BCUT2D eigenvalue weighted by atomic mass is 32.2. The normalized spacial score (nSPS) is 15.3. The van der Waals surface area contributed by atoms with Crippen molar-refractivity contribution in [3.8, 4) is 0 Å². The Labute approximate surface area is 172 Å². The van der Waals surface area contributed by atoms with Crippen molar-refractivity contribution in [3.05, 3.63) is 64.5 Å². The number of ether oxygens (including phenoxy) is 1. The van der Waals surface area contributed by atoms with Gasteiger partial charge in [0.05, 0.1) is 30.9 Å². The monoisotopic (exact) mass is 432 g/mol. The molecule has 1 amide bonds. The second kappa shape index (κ2) is 8.46. The van der Waals surface area contributed by atoms with Gasteiger partial charge in [0.2, 0.25) is 10.0 Å². The molecule has 8 nitrogen and oxygen atoms in total. The highest BCUT2D eigenvalue weighted by Crippen LogP contribution is 2.20. The van der Waals surface area contributed by atoms with E-state index in [0.29, 0.717) is 38.7 Å². The number of hydrogen-bond donors (Lipinski definition) is 1. The Bertz CT molecular complexity index is 1090. The fourth-order valence-corrected chi connectivity index (χ4v) is 5.18. The fourth-order valence-electron chi connectivity index (χ4n) is 3.04. The van der Waals surface area contributed by atoms with Crippen LogP contribution in [0.2, 0.25) is 0 Å². The number of rotatable bonds is 6. The molecule has 0 aliphatic carbocycles. The topological polar surface area (TPSA) is 93.5 Å². The van der Waals surface area contributed by atoms with Crippen LogP contribution in [0.1, 0.15) is 15.2 Å². The summed E-state index contributed by atoms with van der Waals surface area (Å²) in [5, 5.41) is 9.05. The largest absolute Gasteiger partial charge is 0.379 e. The summed E-state index contributed by atoms with van der Waals surface area (Å²) >= 11 is 1.61. The molecule has 0 saturated carbocycles. The number of nitrogens with zero attached hydrogens (tertiary/aromatic N) is 3.